The van der Waals surface area contributed by atoms with Gasteiger partial charge in [-0.15, -0.1) is 10.2 Å². The lowest BCUT2D eigenvalue weighted by Crippen LogP contribution is -1.98. The van der Waals surface area contributed by atoms with E-state index in [1.54, 1.807) is 4.80 Å². The van der Waals surface area contributed by atoms with Gasteiger partial charge < -0.3 is 10.5 Å². The van der Waals surface area contributed by atoms with Crippen LogP contribution in [0.15, 0.2) is 36.4 Å². The number of anilines is 1. The van der Waals surface area contributed by atoms with Gasteiger partial charge in [0.2, 0.25) is 0 Å². The molecule has 3 rings (SSSR count). The van der Waals surface area contributed by atoms with Crippen molar-refractivity contribution in [3.8, 4) is 11.4 Å². The van der Waals surface area contributed by atoms with E-state index >= 15 is 0 Å². The maximum atomic E-state index is 6.01. The summed E-state index contributed by atoms with van der Waals surface area (Å²) in [7, 11) is 0. The number of hydrogen-bond acceptors (Lipinski definition) is 4. The third-order valence-electron chi connectivity index (χ3n) is 3.55. The number of nitrogen functional groups attached to an aromatic ring is 1. The molecule has 1 aromatic heterocycles. The van der Waals surface area contributed by atoms with Crippen molar-refractivity contribution < 1.29 is 4.74 Å². The highest BCUT2D eigenvalue weighted by molar-refractivity contribution is 5.81. The van der Waals surface area contributed by atoms with Gasteiger partial charge in [-0.1, -0.05) is 26.0 Å². The number of rotatable bonds is 5. The number of nitrogens with zero attached hydrogens (tertiary/aromatic N) is 3. The predicted octanol–water partition coefficient (Wildman–Crippen LogP) is 3.35. The smallest absolute Gasteiger partial charge is 0.144 e. The fourth-order valence-electron chi connectivity index (χ4n) is 2.28. The summed E-state index contributed by atoms with van der Waals surface area (Å²) < 4.78 is 5.64. The van der Waals surface area contributed by atoms with Gasteiger partial charge >= 0.3 is 0 Å². The average Bonchev–Trinajstić information content (AvgIpc) is 2.95. The molecular weight excluding hydrogens is 276 g/mol. The van der Waals surface area contributed by atoms with E-state index in [1.807, 2.05) is 24.3 Å². The summed E-state index contributed by atoms with van der Waals surface area (Å²) in [6, 6.07) is 11.9. The summed E-state index contributed by atoms with van der Waals surface area (Å²) in [4.78, 5) is 1.63. The van der Waals surface area contributed by atoms with Crippen LogP contribution in [0.4, 0.5) is 5.69 Å². The molecule has 0 atom stereocenters. The first kappa shape index (κ1) is 14.4. The van der Waals surface area contributed by atoms with E-state index < -0.39 is 0 Å². The zero-order valence-electron chi connectivity index (χ0n) is 12.9. The summed E-state index contributed by atoms with van der Waals surface area (Å²) in [5.41, 5.74) is 10.4. The fraction of sp³-hybridized carbons (Fsp3) is 0.294. The van der Waals surface area contributed by atoms with E-state index in [4.69, 9.17) is 10.5 Å². The largest absolute Gasteiger partial charge is 0.491 e. The minimum Gasteiger partial charge on any atom is -0.491 e. The van der Waals surface area contributed by atoms with Gasteiger partial charge in [-0.2, -0.15) is 4.80 Å². The third-order valence-corrected chi connectivity index (χ3v) is 3.55. The van der Waals surface area contributed by atoms with Gasteiger partial charge in [-0.25, -0.2) is 0 Å². The van der Waals surface area contributed by atoms with Crippen molar-refractivity contribution in [1.82, 2.24) is 15.0 Å². The molecular formula is C17H20N4O. The molecule has 0 radical (unpaired) electrons. The molecule has 0 fully saturated rings. The van der Waals surface area contributed by atoms with Crippen molar-refractivity contribution in [2.45, 2.75) is 26.7 Å². The normalized spacial score (nSPS) is 11.0. The molecule has 0 saturated heterocycles. The molecule has 2 N–H and O–H groups in total. The minimum absolute atomic E-state index is 0.592. The zero-order valence-corrected chi connectivity index (χ0v) is 12.9. The Morgan fingerprint density at radius 2 is 1.73 bits per heavy atom. The van der Waals surface area contributed by atoms with Crippen LogP contribution in [0.2, 0.25) is 0 Å². The summed E-state index contributed by atoms with van der Waals surface area (Å²) >= 11 is 0. The summed E-state index contributed by atoms with van der Waals surface area (Å²) in [5, 5.41) is 9.01. The van der Waals surface area contributed by atoms with E-state index in [2.05, 4.69) is 36.2 Å². The molecule has 5 nitrogen and oxygen atoms in total. The molecule has 1 heterocycles. The van der Waals surface area contributed by atoms with E-state index in [-0.39, 0.29) is 0 Å². The Bertz CT molecular complexity index is 777. The molecule has 0 aliphatic rings. The Kier molecular flexibility index (Phi) is 3.96. The van der Waals surface area contributed by atoms with Crippen molar-refractivity contribution >= 4 is 16.7 Å². The number of nitrogens with two attached hydrogens (primary N) is 1. The third kappa shape index (κ3) is 2.74. The summed E-state index contributed by atoms with van der Waals surface area (Å²) in [6.07, 6.45) is 1.96. The van der Waals surface area contributed by atoms with Crippen LogP contribution in [0.1, 0.15) is 25.8 Å². The van der Waals surface area contributed by atoms with E-state index in [0.717, 1.165) is 29.6 Å². The first-order valence-electron chi connectivity index (χ1n) is 7.60. The molecule has 114 valence electrons. The highest BCUT2D eigenvalue weighted by atomic mass is 16.5. The number of fused-ring (bicyclic) bond motifs is 1. The Balaban J connectivity index is 1.97. The average molecular weight is 296 g/mol. The lowest BCUT2D eigenvalue weighted by atomic mass is 10.2. The molecule has 0 saturated carbocycles. The van der Waals surface area contributed by atoms with Gasteiger partial charge in [-0.3, -0.25) is 0 Å². The number of ether oxygens (including phenoxy) is 1. The topological polar surface area (TPSA) is 66.0 Å². The molecule has 0 spiro atoms. The van der Waals surface area contributed by atoms with Crippen LogP contribution in [0.3, 0.4) is 0 Å². The maximum Gasteiger partial charge on any atom is 0.144 e. The summed E-state index contributed by atoms with van der Waals surface area (Å²) in [6.45, 7) is 4.84. The van der Waals surface area contributed by atoms with Crippen molar-refractivity contribution in [3.05, 3.63) is 42.0 Å². The zero-order chi connectivity index (χ0) is 15.5. The second kappa shape index (κ2) is 6.05. The van der Waals surface area contributed by atoms with Crippen molar-refractivity contribution in [2.24, 2.45) is 0 Å². The van der Waals surface area contributed by atoms with Crippen LogP contribution in [0.5, 0.6) is 5.75 Å². The molecule has 0 bridgehead atoms. The van der Waals surface area contributed by atoms with E-state index in [0.29, 0.717) is 18.0 Å². The predicted molar refractivity (Wildman–Crippen MR) is 88.4 cm³/mol. The molecule has 0 amide bonds. The molecule has 0 aliphatic heterocycles. The Morgan fingerprint density at radius 1 is 1.05 bits per heavy atom. The lowest BCUT2D eigenvalue weighted by molar-refractivity contribution is 0.319. The van der Waals surface area contributed by atoms with Gasteiger partial charge in [0.15, 0.2) is 0 Å². The van der Waals surface area contributed by atoms with Gasteiger partial charge in [0.05, 0.1) is 18.0 Å². The van der Waals surface area contributed by atoms with Crippen molar-refractivity contribution in [1.29, 1.82) is 0 Å². The molecule has 5 heteroatoms. The standard InChI is InChI=1S/C17H20N4O/c1-3-9-22-17-11-16-15(10-14(17)18)19-21(20-16)13-7-5-12(4-2)6-8-13/h5-8,10-11H,3-4,9,18H2,1-2H3. The van der Waals surface area contributed by atoms with Crippen LogP contribution in [-0.4, -0.2) is 21.6 Å². The molecule has 3 aromatic rings. The van der Waals surface area contributed by atoms with Crippen LogP contribution in [0, 0.1) is 0 Å². The Morgan fingerprint density at radius 3 is 2.36 bits per heavy atom. The monoisotopic (exact) mass is 296 g/mol. The van der Waals surface area contributed by atoms with E-state index in [1.165, 1.54) is 5.56 Å². The molecule has 0 unspecified atom stereocenters. The first-order chi connectivity index (χ1) is 10.7. The minimum atomic E-state index is 0.592. The fourth-order valence-corrected chi connectivity index (χ4v) is 2.28. The molecule has 22 heavy (non-hydrogen) atoms. The van der Waals surface area contributed by atoms with Crippen LogP contribution in [0.25, 0.3) is 16.7 Å². The highest BCUT2D eigenvalue weighted by Gasteiger charge is 2.09. The van der Waals surface area contributed by atoms with Crippen LogP contribution in [-0.2, 0) is 6.42 Å². The van der Waals surface area contributed by atoms with Crippen molar-refractivity contribution in [2.75, 3.05) is 12.3 Å². The maximum absolute atomic E-state index is 6.01. The van der Waals surface area contributed by atoms with Gasteiger partial charge in [0, 0.05) is 6.07 Å². The van der Waals surface area contributed by atoms with Gasteiger partial charge in [0.25, 0.3) is 0 Å². The SMILES string of the molecule is CCCOc1cc2nn(-c3ccc(CC)cc3)nc2cc1N. The quantitative estimate of drug-likeness (QED) is 0.733. The summed E-state index contributed by atoms with van der Waals surface area (Å²) in [5.74, 6) is 0.669. The number of hydrogen-bond donors (Lipinski definition) is 1. The number of aromatic nitrogens is 3. The van der Waals surface area contributed by atoms with Crippen LogP contribution < -0.4 is 10.5 Å². The van der Waals surface area contributed by atoms with E-state index in [9.17, 15) is 0 Å². The second-order valence-electron chi connectivity index (χ2n) is 5.24. The van der Waals surface area contributed by atoms with Crippen molar-refractivity contribution in [3.63, 3.8) is 0 Å². The number of aryl methyl sites for hydroxylation is 1. The second-order valence-corrected chi connectivity index (χ2v) is 5.24. The van der Waals surface area contributed by atoms with Gasteiger partial charge in [0.1, 0.15) is 16.8 Å². The first-order valence-corrected chi connectivity index (χ1v) is 7.60. The molecule has 0 aliphatic carbocycles. The number of benzene rings is 2. The van der Waals surface area contributed by atoms with Gasteiger partial charge in [-0.05, 0) is 36.6 Å². The Labute approximate surface area is 129 Å². The lowest BCUT2D eigenvalue weighted by Gasteiger charge is -2.06. The highest BCUT2D eigenvalue weighted by Crippen LogP contribution is 2.27. The van der Waals surface area contributed by atoms with Crippen LogP contribution >= 0.6 is 0 Å². The Hall–Kier alpha value is -2.56. The molecule has 2 aromatic carbocycles.